The maximum atomic E-state index is 10.7. The Bertz CT molecular complexity index is 612. The molecule has 0 aliphatic carbocycles. The van der Waals surface area contributed by atoms with Gasteiger partial charge in [-0.15, -0.1) is 11.8 Å². The van der Waals surface area contributed by atoms with Crippen molar-refractivity contribution in [2.45, 2.75) is 18.2 Å². The van der Waals surface area contributed by atoms with Crippen LogP contribution in [0, 0.1) is 0 Å². The molecule has 0 heterocycles. The number of benzene rings is 2. The lowest BCUT2D eigenvalue weighted by Gasteiger charge is -2.05. The lowest BCUT2D eigenvalue weighted by Crippen LogP contribution is -1.95. The number of carboxylic acid groups (broad SMARTS) is 1. The monoisotopic (exact) mass is 272 g/mol. The largest absolute Gasteiger partial charge is 0.478 e. The van der Waals surface area contributed by atoms with Crippen LogP contribution in [0.2, 0.25) is 0 Å². The first-order valence-electron chi connectivity index (χ1n) is 6.19. The van der Waals surface area contributed by atoms with E-state index in [1.54, 1.807) is 24.8 Å². The molecule has 0 saturated heterocycles. The van der Waals surface area contributed by atoms with Gasteiger partial charge in [0.15, 0.2) is 0 Å². The predicted octanol–water partition coefficient (Wildman–Crippen LogP) is 4.35. The van der Waals surface area contributed by atoms with Gasteiger partial charge in [-0.1, -0.05) is 42.5 Å². The number of fused-ring (bicyclic) bond motifs is 1. The SMILES string of the molecule is CC(=CCCSc1cccc2ccccc12)C(=O)O. The molecule has 2 aromatic carbocycles. The number of aliphatic carboxylic acids is 1. The van der Waals surface area contributed by atoms with Gasteiger partial charge in [-0.2, -0.15) is 0 Å². The number of carbonyl (C=O) groups is 1. The summed E-state index contributed by atoms with van der Waals surface area (Å²) in [6.07, 6.45) is 2.55. The Kier molecular flexibility index (Phi) is 4.63. The third-order valence-corrected chi connectivity index (χ3v) is 4.02. The average Bonchev–Trinajstić information content (AvgIpc) is 2.43. The summed E-state index contributed by atoms with van der Waals surface area (Å²) in [7, 11) is 0. The number of thioether (sulfide) groups is 1. The molecular weight excluding hydrogens is 256 g/mol. The summed E-state index contributed by atoms with van der Waals surface area (Å²) in [5.74, 6) is 0.0497. The van der Waals surface area contributed by atoms with E-state index >= 15 is 0 Å². The molecule has 2 rings (SSSR count). The second kappa shape index (κ2) is 6.43. The summed E-state index contributed by atoms with van der Waals surface area (Å²) in [4.78, 5) is 11.9. The highest BCUT2D eigenvalue weighted by atomic mass is 32.2. The lowest BCUT2D eigenvalue weighted by atomic mass is 10.1. The number of hydrogen-bond acceptors (Lipinski definition) is 2. The van der Waals surface area contributed by atoms with Crippen molar-refractivity contribution in [3.8, 4) is 0 Å². The molecule has 0 fully saturated rings. The van der Waals surface area contributed by atoms with Crippen molar-refractivity contribution in [3.05, 3.63) is 54.1 Å². The van der Waals surface area contributed by atoms with E-state index in [4.69, 9.17) is 5.11 Å². The molecule has 0 spiro atoms. The van der Waals surface area contributed by atoms with Crippen LogP contribution in [0.25, 0.3) is 10.8 Å². The minimum absolute atomic E-state index is 0.415. The van der Waals surface area contributed by atoms with Crippen LogP contribution in [-0.2, 0) is 4.79 Å². The smallest absolute Gasteiger partial charge is 0.330 e. The zero-order chi connectivity index (χ0) is 13.7. The molecule has 0 aliphatic heterocycles. The molecule has 0 aromatic heterocycles. The molecule has 0 atom stereocenters. The van der Waals surface area contributed by atoms with Gasteiger partial charge in [0.2, 0.25) is 0 Å². The van der Waals surface area contributed by atoms with Crippen LogP contribution in [0.3, 0.4) is 0 Å². The van der Waals surface area contributed by atoms with Crippen LogP contribution in [0.1, 0.15) is 13.3 Å². The van der Waals surface area contributed by atoms with Gasteiger partial charge < -0.3 is 5.11 Å². The van der Waals surface area contributed by atoms with Crippen LogP contribution in [-0.4, -0.2) is 16.8 Å². The Hall–Kier alpha value is -1.74. The number of carboxylic acids is 1. The van der Waals surface area contributed by atoms with E-state index in [1.807, 2.05) is 12.1 Å². The first-order chi connectivity index (χ1) is 9.18. The van der Waals surface area contributed by atoms with E-state index < -0.39 is 5.97 Å². The van der Waals surface area contributed by atoms with Gasteiger partial charge >= 0.3 is 5.97 Å². The first kappa shape index (κ1) is 13.7. The zero-order valence-electron chi connectivity index (χ0n) is 10.8. The standard InChI is InChI=1S/C16H16O2S/c1-12(16(17)18)6-5-11-19-15-10-4-8-13-7-2-3-9-14(13)15/h2-4,6-10H,5,11H2,1H3,(H,17,18). The molecule has 0 bridgehead atoms. The van der Waals surface area contributed by atoms with Gasteiger partial charge in [0.05, 0.1) is 0 Å². The number of rotatable bonds is 5. The Labute approximate surface area is 117 Å². The predicted molar refractivity (Wildman–Crippen MR) is 80.7 cm³/mol. The molecule has 2 nitrogen and oxygen atoms in total. The molecule has 0 amide bonds. The summed E-state index contributed by atoms with van der Waals surface area (Å²) in [6.45, 7) is 1.63. The van der Waals surface area contributed by atoms with E-state index in [9.17, 15) is 4.79 Å². The van der Waals surface area contributed by atoms with Crippen LogP contribution >= 0.6 is 11.8 Å². The van der Waals surface area contributed by atoms with Gasteiger partial charge in [-0.3, -0.25) is 0 Å². The van der Waals surface area contributed by atoms with E-state index in [1.165, 1.54) is 15.7 Å². The second-order valence-corrected chi connectivity index (χ2v) is 5.44. The Balaban J connectivity index is 2.03. The topological polar surface area (TPSA) is 37.3 Å². The van der Waals surface area contributed by atoms with Crippen molar-refractivity contribution in [1.82, 2.24) is 0 Å². The van der Waals surface area contributed by atoms with Gasteiger partial charge in [0, 0.05) is 16.2 Å². The van der Waals surface area contributed by atoms with Crippen molar-refractivity contribution < 1.29 is 9.90 Å². The highest BCUT2D eigenvalue weighted by molar-refractivity contribution is 7.99. The fourth-order valence-corrected chi connectivity index (χ4v) is 2.82. The fourth-order valence-electron chi connectivity index (χ4n) is 1.85. The van der Waals surface area contributed by atoms with Crippen molar-refractivity contribution in [3.63, 3.8) is 0 Å². The molecule has 0 aliphatic rings. The highest BCUT2D eigenvalue weighted by Crippen LogP contribution is 2.28. The minimum Gasteiger partial charge on any atom is -0.478 e. The van der Waals surface area contributed by atoms with Gasteiger partial charge in [-0.05, 0) is 30.2 Å². The molecule has 0 unspecified atom stereocenters. The third kappa shape index (κ3) is 3.61. The van der Waals surface area contributed by atoms with Crippen molar-refractivity contribution >= 4 is 28.5 Å². The minimum atomic E-state index is -0.838. The maximum Gasteiger partial charge on any atom is 0.330 e. The molecule has 98 valence electrons. The summed E-state index contributed by atoms with van der Waals surface area (Å²) in [6, 6.07) is 14.6. The van der Waals surface area contributed by atoms with Crippen LogP contribution < -0.4 is 0 Å². The Morgan fingerprint density at radius 3 is 2.74 bits per heavy atom. The maximum absolute atomic E-state index is 10.7. The fraction of sp³-hybridized carbons (Fsp3) is 0.188. The van der Waals surface area contributed by atoms with Crippen LogP contribution in [0.4, 0.5) is 0 Å². The summed E-state index contributed by atoms with van der Waals surface area (Å²) >= 11 is 1.77. The molecule has 1 N–H and O–H groups in total. The molecule has 0 saturated carbocycles. The highest BCUT2D eigenvalue weighted by Gasteiger charge is 2.01. The average molecular weight is 272 g/mol. The van der Waals surface area contributed by atoms with Crippen molar-refractivity contribution in [1.29, 1.82) is 0 Å². The molecule has 0 radical (unpaired) electrons. The van der Waals surface area contributed by atoms with E-state index in [0.717, 1.165) is 12.2 Å². The summed E-state index contributed by atoms with van der Waals surface area (Å²) in [5, 5.41) is 11.3. The van der Waals surface area contributed by atoms with E-state index in [2.05, 4.69) is 30.3 Å². The Morgan fingerprint density at radius 1 is 1.21 bits per heavy atom. The summed E-state index contributed by atoms with van der Waals surface area (Å²) in [5.41, 5.74) is 0.415. The van der Waals surface area contributed by atoms with E-state index in [0.29, 0.717) is 5.57 Å². The summed E-state index contributed by atoms with van der Waals surface area (Å²) < 4.78 is 0. The zero-order valence-corrected chi connectivity index (χ0v) is 11.6. The van der Waals surface area contributed by atoms with Gasteiger partial charge in [0.1, 0.15) is 0 Å². The van der Waals surface area contributed by atoms with Crippen LogP contribution in [0.15, 0.2) is 59.0 Å². The number of hydrogen-bond donors (Lipinski definition) is 1. The third-order valence-electron chi connectivity index (χ3n) is 2.91. The lowest BCUT2D eigenvalue weighted by molar-refractivity contribution is -0.132. The Morgan fingerprint density at radius 2 is 1.95 bits per heavy atom. The van der Waals surface area contributed by atoms with Gasteiger partial charge in [0.25, 0.3) is 0 Å². The quantitative estimate of drug-likeness (QED) is 0.499. The normalized spacial score (nSPS) is 11.7. The molecule has 3 heteroatoms. The van der Waals surface area contributed by atoms with Gasteiger partial charge in [-0.25, -0.2) is 4.79 Å². The molecule has 2 aromatic rings. The van der Waals surface area contributed by atoms with Crippen molar-refractivity contribution in [2.24, 2.45) is 0 Å². The number of allylic oxidation sites excluding steroid dienone is 1. The molecular formula is C16H16O2S. The van der Waals surface area contributed by atoms with E-state index in [-0.39, 0.29) is 0 Å². The first-order valence-corrected chi connectivity index (χ1v) is 7.17. The second-order valence-electron chi connectivity index (χ2n) is 4.31. The van der Waals surface area contributed by atoms with Crippen molar-refractivity contribution in [2.75, 3.05) is 5.75 Å². The van der Waals surface area contributed by atoms with Crippen LogP contribution in [0.5, 0.6) is 0 Å². The molecule has 19 heavy (non-hydrogen) atoms.